The molecule has 0 saturated carbocycles. The zero-order valence-corrected chi connectivity index (χ0v) is 9.26. The van der Waals surface area contributed by atoms with Crippen LogP contribution in [0, 0.1) is 0 Å². The Kier molecular flexibility index (Phi) is 3.55. The molecule has 0 spiro atoms. The third-order valence-electron chi connectivity index (χ3n) is 2.25. The zero-order chi connectivity index (χ0) is 12.1. The van der Waals surface area contributed by atoms with Crippen LogP contribution in [0.25, 0.3) is 0 Å². The van der Waals surface area contributed by atoms with Crippen LogP contribution in [0.15, 0.2) is 48.8 Å². The number of pyridine rings is 1. The molecule has 0 fully saturated rings. The van der Waals surface area contributed by atoms with Crippen LogP contribution in [0.1, 0.15) is 5.56 Å². The van der Waals surface area contributed by atoms with Gasteiger partial charge < -0.3 is 5.32 Å². The van der Waals surface area contributed by atoms with E-state index < -0.39 is 0 Å². The summed E-state index contributed by atoms with van der Waals surface area (Å²) in [6, 6.07) is 11.2. The summed E-state index contributed by atoms with van der Waals surface area (Å²) < 4.78 is 0. The van der Waals surface area contributed by atoms with Gasteiger partial charge in [0.15, 0.2) is 0 Å². The lowest BCUT2D eigenvalue weighted by atomic mass is 9.99. The third-order valence-corrected chi connectivity index (χ3v) is 2.25. The zero-order valence-electron chi connectivity index (χ0n) is 9.26. The van der Waals surface area contributed by atoms with Gasteiger partial charge in [-0.15, -0.1) is 0 Å². The van der Waals surface area contributed by atoms with Crippen LogP contribution in [-0.4, -0.2) is 18.7 Å². The van der Waals surface area contributed by atoms with Crippen LogP contribution in [0.5, 0.6) is 0 Å². The quantitative estimate of drug-likeness (QED) is 0.789. The molecule has 82 valence electrons. The Labute approximate surface area is 101 Å². The van der Waals surface area contributed by atoms with Gasteiger partial charge in [-0.1, -0.05) is 35.8 Å². The smallest absolute Gasteiger partial charge is 0.228 e. The Bertz CT molecular complexity index is 514. The maximum absolute atomic E-state index is 11.7. The van der Waals surface area contributed by atoms with E-state index in [-0.39, 0.29) is 5.91 Å². The van der Waals surface area contributed by atoms with Gasteiger partial charge in [0, 0.05) is 6.20 Å². The largest absolute Gasteiger partial charge is 0.324 e. The highest BCUT2D eigenvalue weighted by Gasteiger charge is 2.03. The number of nitrogens with one attached hydrogen (secondary N) is 1. The Hall–Kier alpha value is -2.10. The first-order chi connectivity index (χ1) is 8.24. The summed E-state index contributed by atoms with van der Waals surface area (Å²) >= 11 is 0. The van der Waals surface area contributed by atoms with Crippen molar-refractivity contribution in [3.63, 3.8) is 0 Å². The second-order valence-corrected chi connectivity index (χ2v) is 3.72. The molecular formula is C13H11BN2O. The molecule has 0 unspecified atom stereocenters. The van der Waals surface area contributed by atoms with Crippen molar-refractivity contribution in [3.05, 3.63) is 54.4 Å². The van der Waals surface area contributed by atoms with Crippen molar-refractivity contribution >= 4 is 24.9 Å². The SMILES string of the molecule is [B]c1cncc(NC(=O)Cc2ccccc2)c1. The van der Waals surface area contributed by atoms with E-state index in [4.69, 9.17) is 7.85 Å². The van der Waals surface area contributed by atoms with Crippen LogP contribution in [0.2, 0.25) is 0 Å². The number of benzene rings is 1. The van der Waals surface area contributed by atoms with Crippen molar-refractivity contribution in [2.45, 2.75) is 6.42 Å². The number of nitrogens with zero attached hydrogens (tertiary/aromatic N) is 1. The first-order valence-corrected chi connectivity index (χ1v) is 5.28. The normalized spacial score (nSPS) is 9.88. The molecule has 0 aliphatic rings. The maximum atomic E-state index is 11.7. The maximum Gasteiger partial charge on any atom is 0.228 e. The van der Waals surface area contributed by atoms with Crippen LogP contribution < -0.4 is 10.8 Å². The van der Waals surface area contributed by atoms with E-state index in [9.17, 15) is 4.79 Å². The highest BCUT2D eigenvalue weighted by molar-refractivity contribution is 6.32. The number of hydrogen-bond donors (Lipinski definition) is 1. The molecule has 2 aromatic rings. The summed E-state index contributed by atoms with van der Waals surface area (Å²) in [6.07, 6.45) is 3.45. The Morgan fingerprint density at radius 3 is 2.71 bits per heavy atom. The summed E-state index contributed by atoms with van der Waals surface area (Å²) in [5.41, 5.74) is 2.12. The fraction of sp³-hybridized carbons (Fsp3) is 0.0769. The van der Waals surface area contributed by atoms with Crippen molar-refractivity contribution in [2.24, 2.45) is 0 Å². The molecule has 1 heterocycles. The second-order valence-electron chi connectivity index (χ2n) is 3.72. The van der Waals surface area contributed by atoms with Crippen LogP contribution >= 0.6 is 0 Å². The molecule has 2 rings (SSSR count). The summed E-state index contributed by atoms with van der Waals surface area (Å²) in [4.78, 5) is 15.6. The van der Waals surface area contributed by atoms with Crippen molar-refractivity contribution < 1.29 is 4.79 Å². The Balaban J connectivity index is 1.98. The van der Waals surface area contributed by atoms with Crippen molar-refractivity contribution in [2.75, 3.05) is 5.32 Å². The minimum atomic E-state index is -0.0800. The van der Waals surface area contributed by atoms with E-state index in [1.54, 1.807) is 12.3 Å². The van der Waals surface area contributed by atoms with Gasteiger partial charge in [0.1, 0.15) is 7.85 Å². The number of rotatable bonds is 3. The molecule has 0 aliphatic carbocycles. The molecule has 3 nitrogen and oxygen atoms in total. The van der Waals surface area contributed by atoms with Crippen molar-refractivity contribution in [1.82, 2.24) is 4.98 Å². The summed E-state index contributed by atoms with van der Waals surface area (Å²) in [7, 11) is 5.57. The minimum Gasteiger partial charge on any atom is -0.324 e. The number of hydrogen-bond acceptors (Lipinski definition) is 2. The van der Waals surface area contributed by atoms with Gasteiger partial charge in [0.05, 0.1) is 18.3 Å². The predicted molar refractivity (Wildman–Crippen MR) is 68.4 cm³/mol. The lowest BCUT2D eigenvalue weighted by molar-refractivity contribution is -0.115. The number of amides is 1. The molecule has 1 aromatic heterocycles. The van der Waals surface area contributed by atoms with E-state index in [2.05, 4.69) is 10.3 Å². The topological polar surface area (TPSA) is 42.0 Å². The molecule has 4 heteroatoms. The second kappa shape index (κ2) is 5.30. The molecule has 2 radical (unpaired) electrons. The van der Waals surface area contributed by atoms with Crippen molar-refractivity contribution in [1.29, 1.82) is 0 Å². The third kappa shape index (κ3) is 3.45. The van der Waals surface area contributed by atoms with Crippen LogP contribution in [-0.2, 0) is 11.2 Å². The van der Waals surface area contributed by atoms with Gasteiger partial charge in [-0.3, -0.25) is 9.78 Å². The monoisotopic (exact) mass is 222 g/mol. The Morgan fingerprint density at radius 1 is 1.24 bits per heavy atom. The first kappa shape index (κ1) is 11.4. The number of carbonyl (C=O) groups is 1. The van der Waals surface area contributed by atoms with Gasteiger partial charge in [-0.25, -0.2) is 0 Å². The van der Waals surface area contributed by atoms with Crippen LogP contribution in [0.4, 0.5) is 5.69 Å². The standard InChI is InChI=1S/C13H11BN2O/c14-11-7-12(9-15-8-11)16-13(17)6-10-4-2-1-3-5-10/h1-5,7-9H,6H2,(H,16,17). The van der Waals surface area contributed by atoms with Gasteiger partial charge in [-0.2, -0.15) is 0 Å². The molecule has 1 N–H and O–H groups in total. The lowest BCUT2D eigenvalue weighted by Crippen LogP contribution is -2.16. The van der Waals surface area contributed by atoms with E-state index in [1.807, 2.05) is 30.3 Å². The van der Waals surface area contributed by atoms with Gasteiger partial charge >= 0.3 is 0 Å². The molecule has 1 amide bonds. The van der Waals surface area contributed by atoms with E-state index in [1.165, 1.54) is 6.20 Å². The molecule has 0 bridgehead atoms. The van der Waals surface area contributed by atoms with Gasteiger partial charge in [-0.05, 0) is 11.6 Å². The Morgan fingerprint density at radius 2 is 2.00 bits per heavy atom. The number of carbonyl (C=O) groups excluding carboxylic acids is 1. The average Bonchev–Trinajstić information content (AvgIpc) is 2.30. The van der Waals surface area contributed by atoms with Gasteiger partial charge in [0.25, 0.3) is 0 Å². The minimum absolute atomic E-state index is 0.0800. The number of anilines is 1. The number of aromatic nitrogens is 1. The average molecular weight is 222 g/mol. The highest BCUT2D eigenvalue weighted by atomic mass is 16.1. The molecule has 0 atom stereocenters. The molecule has 0 aliphatic heterocycles. The van der Waals surface area contributed by atoms with Crippen molar-refractivity contribution in [3.8, 4) is 0 Å². The van der Waals surface area contributed by atoms with Gasteiger partial charge in [0.2, 0.25) is 5.91 Å². The molecule has 1 aromatic carbocycles. The summed E-state index contributed by atoms with van der Waals surface area (Å²) in [6.45, 7) is 0. The highest BCUT2D eigenvalue weighted by Crippen LogP contribution is 2.04. The fourth-order valence-corrected chi connectivity index (χ4v) is 1.51. The predicted octanol–water partition coefficient (Wildman–Crippen LogP) is 1.06. The molecule has 17 heavy (non-hydrogen) atoms. The van der Waals surface area contributed by atoms with E-state index >= 15 is 0 Å². The van der Waals surface area contributed by atoms with E-state index in [0.29, 0.717) is 17.6 Å². The molecule has 0 saturated heterocycles. The fourth-order valence-electron chi connectivity index (χ4n) is 1.51. The summed E-state index contributed by atoms with van der Waals surface area (Å²) in [5, 5.41) is 2.75. The molecular weight excluding hydrogens is 211 g/mol. The van der Waals surface area contributed by atoms with Crippen LogP contribution in [0.3, 0.4) is 0 Å². The van der Waals surface area contributed by atoms with E-state index in [0.717, 1.165) is 5.56 Å². The lowest BCUT2D eigenvalue weighted by Gasteiger charge is -2.05. The summed E-state index contributed by atoms with van der Waals surface area (Å²) in [5.74, 6) is -0.0800. The first-order valence-electron chi connectivity index (χ1n) is 5.28.